The van der Waals surface area contributed by atoms with Gasteiger partial charge in [0, 0.05) is 6.04 Å². The van der Waals surface area contributed by atoms with Gasteiger partial charge in [-0.1, -0.05) is 25.0 Å². The normalized spacial score (nSPS) is 19.7. The molecule has 1 atom stereocenters. The van der Waals surface area contributed by atoms with Gasteiger partial charge in [-0.2, -0.15) is 0 Å². The second-order valence-corrected chi connectivity index (χ2v) is 5.34. The maximum Gasteiger partial charge on any atom is 0.118 e. The van der Waals surface area contributed by atoms with Gasteiger partial charge in [0.05, 0.1) is 19.3 Å². The summed E-state index contributed by atoms with van der Waals surface area (Å²) in [5.74, 6) is 0.847. The van der Waals surface area contributed by atoms with Crippen LogP contribution in [0.3, 0.4) is 0 Å². The highest BCUT2D eigenvalue weighted by Crippen LogP contribution is 2.27. The van der Waals surface area contributed by atoms with E-state index in [9.17, 15) is 5.11 Å². The first-order valence-corrected chi connectivity index (χ1v) is 6.71. The zero-order chi connectivity index (χ0) is 13.0. The highest BCUT2D eigenvalue weighted by atomic mass is 16.5. The van der Waals surface area contributed by atoms with Gasteiger partial charge in [0.1, 0.15) is 5.75 Å². The third kappa shape index (κ3) is 2.85. The second kappa shape index (κ2) is 5.72. The SMILES string of the molecule is COc1ccc(C(C)(CO)NC2CCCC2)cc1. The van der Waals surface area contributed by atoms with Gasteiger partial charge in [-0.15, -0.1) is 0 Å². The van der Waals surface area contributed by atoms with E-state index in [1.54, 1.807) is 7.11 Å². The molecule has 0 heterocycles. The molecule has 1 aliphatic rings. The number of ether oxygens (including phenoxy) is 1. The lowest BCUT2D eigenvalue weighted by molar-refractivity contribution is 0.161. The fourth-order valence-corrected chi connectivity index (χ4v) is 2.70. The van der Waals surface area contributed by atoms with Gasteiger partial charge in [0.15, 0.2) is 0 Å². The second-order valence-electron chi connectivity index (χ2n) is 5.34. The van der Waals surface area contributed by atoms with Crippen molar-refractivity contribution in [3.05, 3.63) is 29.8 Å². The molecule has 1 fully saturated rings. The first-order chi connectivity index (χ1) is 8.68. The van der Waals surface area contributed by atoms with Crippen molar-refractivity contribution in [3.8, 4) is 5.75 Å². The van der Waals surface area contributed by atoms with E-state index in [0.717, 1.165) is 11.3 Å². The molecule has 0 aromatic heterocycles. The van der Waals surface area contributed by atoms with Crippen LogP contribution in [0.15, 0.2) is 24.3 Å². The van der Waals surface area contributed by atoms with Crippen molar-refractivity contribution in [2.24, 2.45) is 0 Å². The number of hydrogen-bond acceptors (Lipinski definition) is 3. The van der Waals surface area contributed by atoms with Crippen LogP contribution in [-0.2, 0) is 5.54 Å². The number of methoxy groups -OCH3 is 1. The average molecular weight is 249 g/mol. The third-order valence-electron chi connectivity index (χ3n) is 3.92. The standard InChI is InChI=1S/C15H23NO2/c1-15(11-17,16-13-5-3-4-6-13)12-7-9-14(18-2)10-8-12/h7-10,13,16-17H,3-6,11H2,1-2H3. The van der Waals surface area contributed by atoms with E-state index in [0.29, 0.717) is 6.04 Å². The smallest absolute Gasteiger partial charge is 0.118 e. The third-order valence-corrected chi connectivity index (χ3v) is 3.92. The molecule has 0 spiro atoms. The highest BCUT2D eigenvalue weighted by molar-refractivity contribution is 5.31. The van der Waals surface area contributed by atoms with Crippen LogP contribution in [0, 0.1) is 0 Å². The Hall–Kier alpha value is -1.06. The molecule has 100 valence electrons. The summed E-state index contributed by atoms with van der Waals surface area (Å²) in [7, 11) is 1.66. The number of nitrogens with one attached hydrogen (secondary N) is 1. The summed E-state index contributed by atoms with van der Waals surface area (Å²) in [5, 5.41) is 13.3. The van der Waals surface area contributed by atoms with Crippen LogP contribution in [0.25, 0.3) is 0 Å². The van der Waals surface area contributed by atoms with Gasteiger partial charge in [0.25, 0.3) is 0 Å². The van der Waals surface area contributed by atoms with Crippen molar-refractivity contribution in [1.29, 1.82) is 0 Å². The summed E-state index contributed by atoms with van der Waals surface area (Å²) in [5.41, 5.74) is 0.749. The van der Waals surface area contributed by atoms with Crippen LogP contribution in [0.2, 0.25) is 0 Å². The quantitative estimate of drug-likeness (QED) is 0.842. The van der Waals surface area contributed by atoms with Crippen molar-refractivity contribution in [2.75, 3.05) is 13.7 Å². The number of aliphatic hydroxyl groups is 1. The predicted molar refractivity (Wildman–Crippen MR) is 72.8 cm³/mol. The number of benzene rings is 1. The van der Waals surface area contributed by atoms with Crippen LogP contribution >= 0.6 is 0 Å². The van der Waals surface area contributed by atoms with Gasteiger partial charge in [-0.05, 0) is 37.5 Å². The predicted octanol–water partition coefficient (Wildman–Crippen LogP) is 2.43. The van der Waals surface area contributed by atoms with Gasteiger partial charge in [0.2, 0.25) is 0 Å². The summed E-state index contributed by atoms with van der Waals surface area (Å²) in [6.07, 6.45) is 5.01. The zero-order valence-corrected chi connectivity index (χ0v) is 11.3. The topological polar surface area (TPSA) is 41.5 Å². The number of rotatable bonds is 5. The summed E-state index contributed by atoms with van der Waals surface area (Å²) < 4.78 is 5.17. The van der Waals surface area contributed by atoms with Crippen molar-refractivity contribution < 1.29 is 9.84 Å². The Kier molecular flexibility index (Phi) is 4.25. The van der Waals surface area contributed by atoms with Crippen LogP contribution in [0.1, 0.15) is 38.2 Å². The minimum atomic E-state index is -0.360. The molecular weight excluding hydrogens is 226 g/mol. The highest BCUT2D eigenvalue weighted by Gasteiger charge is 2.29. The van der Waals surface area contributed by atoms with Gasteiger partial charge in [-0.25, -0.2) is 0 Å². The Bertz CT molecular complexity index is 371. The zero-order valence-electron chi connectivity index (χ0n) is 11.3. The molecule has 0 amide bonds. The molecule has 1 unspecified atom stereocenters. The molecule has 1 saturated carbocycles. The molecule has 2 N–H and O–H groups in total. The molecule has 3 nitrogen and oxygen atoms in total. The van der Waals surface area contributed by atoms with E-state index < -0.39 is 0 Å². The lowest BCUT2D eigenvalue weighted by Gasteiger charge is -2.33. The first-order valence-electron chi connectivity index (χ1n) is 6.71. The summed E-state index contributed by atoms with van der Waals surface area (Å²) in [6.45, 7) is 2.17. The maximum atomic E-state index is 9.73. The Morgan fingerprint density at radius 3 is 2.39 bits per heavy atom. The fourth-order valence-electron chi connectivity index (χ4n) is 2.70. The van der Waals surface area contributed by atoms with Crippen LogP contribution in [-0.4, -0.2) is 24.9 Å². The molecule has 3 heteroatoms. The largest absolute Gasteiger partial charge is 0.497 e. The molecule has 1 aromatic carbocycles. The molecule has 0 radical (unpaired) electrons. The number of hydrogen-bond donors (Lipinski definition) is 2. The Balaban J connectivity index is 2.13. The lowest BCUT2D eigenvalue weighted by Crippen LogP contribution is -2.47. The first kappa shape index (κ1) is 13.4. The van der Waals surface area contributed by atoms with E-state index in [1.807, 2.05) is 24.3 Å². The van der Waals surface area contributed by atoms with E-state index >= 15 is 0 Å². The molecule has 1 aromatic rings. The summed E-state index contributed by atoms with van der Waals surface area (Å²) in [6, 6.07) is 8.47. The minimum Gasteiger partial charge on any atom is -0.497 e. The minimum absolute atomic E-state index is 0.107. The Labute approximate surface area is 109 Å². The molecule has 1 aliphatic carbocycles. The fraction of sp³-hybridized carbons (Fsp3) is 0.600. The van der Waals surface area contributed by atoms with E-state index in [1.165, 1.54) is 25.7 Å². The Morgan fingerprint density at radius 2 is 1.89 bits per heavy atom. The molecule has 2 rings (SSSR count). The Morgan fingerprint density at radius 1 is 1.28 bits per heavy atom. The van der Waals surface area contributed by atoms with Crippen molar-refractivity contribution in [2.45, 2.75) is 44.2 Å². The molecule has 0 bridgehead atoms. The maximum absolute atomic E-state index is 9.73. The lowest BCUT2D eigenvalue weighted by atomic mass is 9.91. The number of aliphatic hydroxyl groups excluding tert-OH is 1. The average Bonchev–Trinajstić information content (AvgIpc) is 2.91. The van der Waals surface area contributed by atoms with Gasteiger partial charge in [-0.3, -0.25) is 0 Å². The monoisotopic (exact) mass is 249 g/mol. The van der Waals surface area contributed by atoms with Gasteiger partial charge >= 0.3 is 0 Å². The van der Waals surface area contributed by atoms with Crippen LogP contribution in [0.4, 0.5) is 0 Å². The molecule has 0 saturated heterocycles. The molecule has 18 heavy (non-hydrogen) atoms. The van der Waals surface area contributed by atoms with Crippen molar-refractivity contribution in [1.82, 2.24) is 5.32 Å². The summed E-state index contributed by atoms with van der Waals surface area (Å²) >= 11 is 0. The van der Waals surface area contributed by atoms with Crippen molar-refractivity contribution >= 4 is 0 Å². The van der Waals surface area contributed by atoms with Crippen molar-refractivity contribution in [3.63, 3.8) is 0 Å². The molecule has 0 aliphatic heterocycles. The van der Waals surface area contributed by atoms with Gasteiger partial charge < -0.3 is 15.2 Å². The van der Waals surface area contributed by atoms with E-state index in [4.69, 9.17) is 4.74 Å². The van der Waals surface area contributed by atoms with Crippen LogP contribution in [0.5, 0.6) is 5.75 Å². The summed E-state index contributed by atoms with van der Waals surface area (Å²) in [4.78, 5) is 0. The van der Waals surface area contributed by atoms with E-state index in [-0.39, 0.29) is 12.1 Å². The van der Waals surface area contributed by atoms with Crippen LogP contribution < -0.4 is 10.1 Å². The molecular formula is C15H23NO2. The van der Waals surface area contributed by atoms with E-state index in [2.05, 4.69) is 12.2 Å².